The van der Waals surface area contributed by atoms with Crippen molar-refractivity contribution >= 4 is 12.0 Å². The van der Waals surface area contributed by atoms with Crippen LogP contribution in [0.2, 0.25) is 0 Å². The van der Waals surface area contributed by atoms with Crippen LogP contribution in [0.5, 0.6) is 0 Å². The molecule has 0 amide bonds. The van der Waals surface area contributed by atoms with Gasteiger partial charge in [0.05, 0.1) is 5.97 Å². The van der Waals surface area contributed by atoms with Crippen molar-refractivity contribution in [3.8, 4) is 0 Å². The number of aromatic carboxylic acids is 1. The minimum atomic E-state index is -1.15. The van der Waals surface area contributed by atoms with Gasteiger partial charge in [0.2, 0.25) is 0 Å². The molecule has 0 aliphatic carbocycles. The first-order valence-corrected chi connectivity index (χ1v) is 3.18. The SMILES string of the molecule is C=Cc1ccc(C(=O)[O-])cc1.[K+]. The van der Waals surface area contributed by atoms with Crippen LogP contribution >= 0.6 is 0 Å². The molecule has 0 aliphatic heterocycles. The molecule has 56 valence electrons. The zero-order valence-electron chi connectivity index (χ0n) is 6.91. The van der Waals surface area contributed by atoms with Crippen LogP contribution in [-0.2, 0) is 0 Å². The van der Waals surface area contributed by atoms with E-state index >= 15 is 0 Å². The molecule has 1 aromatic rings. The Morgan fingerprint density at radius 1 is 1.33 bits per heavy atom. The molecule has 0 fully saturated rings. The molecule has 12 heavy (non-hydrogen) atoms. The normalized spacial score (nSPS) is 8.33. The van der Waals surface area contributed by atoms with Crippen LogP contribution in [0.15, 0.2) is 30.8 Å². The maximum Gasteiger partial charge on any atom is 1.00 e. The molecule has 0 N–H and O–H groups in total. The maximum atomic E-state index is 10.3. The second-order valence-corrected chi connectivity index (χ2v) is 2.11. The number of carbonyl (C=O) groups is 1. The minimum Gasteiger partial charge on any atom is -0.545 e. The Morgan fingerprint density at radius 2 is 1.83 bits per heavy atom. The van der Waals surface area contributed by atoms with Gasteiger partial charge in [-0.25, -0.2) is 0 Å². The van der Waals surface area contributed by atoms with Gasteiger partial charge in [0.25, 0.3) is 0 Å². The van der Waals surface area contributed by atoms with Crippen molar-refractivity contribution in [2.45, 2.75) is 0 Å². The predicted octanol–water partition coefficient (Wildman–Crippen LogP) is -2.30. The molecule has 0 aromatic heterocycles. The van der Waals surface area contributed by atoms with Crippen molar-refractivity contribution in [2.24, 2.45) is 0 Å². The molecular formula is C9H7KO2. The van der Waals surface area contributed by atoms with Crippen molar-refractivity contribution in [2.75, 3.05) is 0 Å². The number of hydrogen-bond donors (Lipinski definition) is 0. The fraction of sp³-hybridized carbons (Fsp3) is 0. The third-order valence-corrected chi connectivity index (χ3v) is 1.38. The molecule has 1 aromatic carbocycles. The zero-order chi connectivity index (χ0) is 8.27. The van der Waals surface area contributed by atoms with Gasteiger partial charge < -0.3 is 9.90 Å². The average Bonchev–Trinajstić information content (AvgIpc) is 2.05. The van der Waals surface area contributed by atoms with Gasteiger partial charge in [-0.2, -0.15) is 0 Å². The molecule has 1 rings (SSSR count). The first-order valence-electron chi connectivity index (χ1n) is 3.18. The molecular weight excluding hydrogens is 179 g/mol. The fourth-order valence-corrected chi connectivity index (χ4v) is 0.755. The van der Waals surface area contributed by atoms with Crippen molar-refractivity contribution in [3.63, 3.8) is 0 Å². The summed E-state index contributed by atoms with van der Waals surface area (Å²) in [6.07, 6.45) is 1.65. The number of rotatable bonds is 2. The van der Waals surface area contributed by atoms with Crippen LogP contribution in [-0.4, -0.2) is 5.97 Å². The molecule has 0 saturated heterocycles. The van der Waals surface area contributed by atoms with Gasteiger partial charge in [0, 0.05) is 0 Å². The van der Waals surface area contributed by atoms with Crippen LogP contribution in [0.1, 0.15) is 15.9 Å². The van der Waals surface area contributed by atoms with Gasteiger partial charge in [-0.05, 0) is 11.1 Å². The Morgan fingerprint density at radius 3 is 2.17 bits per heavy atom. The van der Waals surface area contributed by atoms with Gasteiger partial charge >= 0.3 is 51.4 Å². The zero-order valence-corrected chi connectivity index (χ0v) is 10.0. The van der Waals surface area contributed by atoms with E-state index in [0.717, 1.165) is 5.56 Å². The minimum absolute atomic E-state index is 0. The quantitative estimate of drug-likeness (QED) is 0.487. The Hall–Kier alpha value is 0.0664. The van der Waals surface area contributed by atoms with Crippen molar-refractivity contribution < 1.29 is 61.3 Å². The maximum absolute atomic E-state index is 10.3. The smallest absolute Gasteiger partial charge is 0.545 e. The number of benzene rings is 1. The summed E-state index contributed by atoms with van der Waals surface area (Å²) in [5, 5.41) is 10.3. The molecule has 3 heteroatoms. The van der Waals surface area contributed by atoms with Crippen molar-refractivity contribution in [3.05, 3.63) is 42.0 Å². The largest absolute Gasteiger partial charge is 1.00 e. The van der Waals surface area contributed by atoms with Crippen molar-refractivity contribution in [1.29, 1.82) is 0 Å². The third kappa shape index (κ3) is 3.21. The number of carboxylic acid groups (broad SMARTS) is 1. The summed E-state index contributed by atoms with van der Waals surface area (Å²) >= 11 is 0. The molecule has 2 nitrogen and oxygen atoms in total. The Labute approximate surface area is 114 Å². The molecule has 0 atom stereocenters. The van der Waals surface area contributed by atoms with E-state index in [1.807, 2.05) is 0 Å². The number of carboxylic acids is 1. The van der Waals surface area contributed by atoms with E-state index in [1.54, 1.807) is 18.2 Å². The number of carbonyl (C=O) groups excluding carboxylic acids is 1. The van der Waals surface area contributed by atoms with Gasteiger partial charge in [-0.3, -0.25) is 0 Å². The summed E-state index contributed by atoms with van der Waals surface area (Å²) < 4.78 is 0. The molecule has 0 saturated carbocycles. The van der Waals surface area contributed by atoms with Crippen LogP contribution in [0.25, 0.3) is 6.08 Å². The summed E-state index contributed by atoms with van der Waals surface area (Å²) in [6, 6.07) is 6.34. The predicted molar refractivity (Wildman–Crippen MR) is 40.9 cm³/mol. The van der Waals surface area contributed by atoms with E-state index in [-0.39, 0.29) is 56.9 Å². The van der Waals surface area contributed by atoms with Gasteiger partial charge in [-0.15, -0.1) is 0 Å². The molecule has 0 spiro atoms. The monoisotopic (exact) mass is 186 g/mol. The summed E-state index contributed by atoms with van der Waals surface area (Å²) in [4.78, 5) is 10.3. The average molecular weight is 186 g/mol. The Bertz CT molecular complexity index is 277. The molecule has 0 unspecified atom stereocenters. The van der Waals surface area contributed by atoms with E-state index in [1.165, 1.54) is 12.1 Å². The van der Waals surface area contributed by atoms with E-state index < -0.39 is 5.97 Å². The second-order valence-electron chi connectivity index (χ2n) is 2.11. The van der Waals surface area contributed by atoms with Gasteiger partial charge in [0.1, 0.15) is 0 Å². The van der Waals surface area contributed by atoms with Crippen LogP contribution in [0.4, 0.5) is 0 Å². The third-order valence-electron chi connectivity index (χ3n) is 1.38. The number of hydrogen-bond acceptors (Lipinski definition) is 2. The molecule has 0 heterocycles. The van der Waals surface area contributed by atoms with Gasteiger partial charge in [-0.1, -0.05) is 36.9 Å². The van der Waals surface area contributed by atoms with E-state index in [9.17, 15) is 9.90 Å². The standard InChI is InChI=1S/C9H8O2.K/c1-2-7-3-5-8(6-4-7)9(10)11;/h2-6H,1H2,(H,10,11);/q;+1/p-1. The summed E-state index contributed by atoms with van der Waals surface area (Å²) in [6.45, 7) is 3.54. The molecule has 0 aliphatic rings. The molecule has 0 bridgehead atoms. The van der Waals surface area contributed by atoms with Crippen molar-refractivity contribution in [1.82, 2.24) is 0 Å². The molecule has 0 radical (unpaired) electrons. The van der Waals surface area contributed by atoms with E-state index in [4.69, 9.17) is 0 Å². The first kappa shape index (κ1) is 12.1. The summed E-state index contributed by atoms with van der Waals surface area (Å²) in [5.74, 6) is -1.15. The van der Waals surface area contributed by atoms with Crippen LogP contribution < -0.4 is 56.5 Å². The topological polar surface area (TPSA) is 40.1 Å². The first-order chi connectivity index (χ1) is 5.24. The Kier molecular flexibility index (Phi) is 5.70. The fourth-order valence-electron chi connectivity index (χ4n) is 0.755. The second kappa shape index (κ2) is 5.67. The summed E-state index contributed by atoms with van der Waals surface area (Å²) in [7, 11) is 0. The van der Waals surface area contributed by atoms with E-state index in [0.29, 0.717) is 0 Å². The van der Waals surface area contributed by atoms with E-state index in [2.05, 4.69) is 6.58 Å². The Balaban J connectivity index is 0.00000121. The van der Waals surface area contributed by atoms with Crippen LogP contribution in [0, 0.1) is 0 Å². The summed E-state index contributed by atoms with van der Waals surface area (Å²) in [5.41, 5.74) is 1.09. The van der Waals surface area contributed by atoms with Crippen LogP contribution in [0.3, 0.4) is 0 Å². The van der Waals surface area contributed by atoms with Gasteiger partial charge in [0.15, 0.2) is 0 Å².